The number of likely N-dealkylation sites (N-methyl/N-ethyl adjacent to an activating group) is 1. The van der Waals surface area contributed by atoms with Crippen LogP contribution in [0.4, 0.5) is 5.69 Å². The summed E-state index contributed by atoms with van der Waals surface area (Å²) in [6.45, 7) is -0.236. The van der Waals surface area contributed by atoms with Crippen molar-refractivity contribution in [1.82, 2.24) is 5.32 Å². The number of hydrogen-bond donors (Lipinski definition) is 2. The minimum Gasteiger partial charge on any atom is -0.394 e. The Labute approximate surface area is 110 Å². The van der Waals surface area contributed by atoms with Gasteiger partial charge in [-0.05, 0) is 12.1 Å². The van der Waals surface area contributed by atoms with E-state index in [9.17, 15) is 9.59 Å². The number of ether oxygens (including phenoxy) is 1. The molecule has 2 amide bonds. The number of carbonyl (C=O) groups is 2. The van der Waals surface area contributed by atoms with Crippen molar-refractivity contribution in [2.75, 3.05) is 18.6 Å². The van der Waals surface area contributed by atoms with Crippen LogP contribution in [0, 0.1) is 0 Å². The number of nitrogens with one attached hydrogen (secondary N) is 1. The maximum Gasteiger partial charge on any atom is 0.271 e. The standard InChI is InChI=1S/C13H14N2O4/c1-15(8-5-3-2-4-6-8)12(18)13-10(19-13)9(7-16)14-11(13)17/h2-6,9-10,16H,7H2,1H3,(H,14,17)/t9-,10-,13-/m1/s1. The molecule has 2 aliphatic heterocycles. The highest BCUT2D eigenvalue weighted by molar-refractivity contribution is 6.19. The average molecular weight is 262 g/mol. The molecule has 2 saturated heterocycles. The Balaban J connectivity index is 1.85. The monoisotopic (exact) mass is 262 g/mol. The summed E-state index contributed by atoms with van der Waals surface area (Å²) in [6, 6.07) is 8.53. The van der Waals surface area contributed by atoms with Crippen LogP contribution in [0.15, 0.2) is 30.3 Å². The SMILES string of the molecule is CN(C(=O)[C@@]12O[C@@H]1[C@@H](CO)NC2=O)c1ccccc1. The minimum atomic E-state index is -1.45. The van der Waals surface area contributed by atoms with Crippen molar-refractivity contribution in [2.24, 2.45) is 0 Å². The normalized spacial score (nSPS) is 31.6. The molecule has 0 aliphatic carbocycles. The van der Waals surface area contributed by atoms with Crippen molar-refractivity contribution in [1.29, 1.82) is 0 Å². The summed E-state index contributed by atoms with van der Waals surface area (Å²) < 4.78 is 5.30. The van der Waals surface area contributed by atoms with Crippen molar-refractivity contribution in [3.63, 3.8) is 0 Å². The zero-order valence-electron chi connectivity index (χ0n) is 10.4. The number of epoxide rings is 1. The number of carbonyl (C=O) groups excluding carboxylic acids is 2. The second kappa shape index (κ2) is 4.04. The Morgan fingerprint density at radius 2 is 2.16 bits per heavy atom. The highest BCUT2D eigenvalue weighted by Gasteiger charge is 2.76. The topological polar surface area (TPSA) is 82.2 Å². The average Bonchev–Trinajstić information content (AvgIpc) is 3.14. The van der Waals surface area contributed by atoms with Gasteiger partial charge in [-0.1, -0.05) is 18.2 Å². The summed E-state index contributed by atoms with van der Waals surface area (Å²) in [6.07, 6.45) is -0.566. The molecule has 1 aromatic rings. The molecule has 6 heteroatoms. The van der Waals surface area contributed by atoms with E-state index in [4.69, 9.17) is 9.84 Å². The van der Waals surface area contributed by atoms with Gasteiger partial charge in [-0.15, -0.1) is 0 Å². The number of aliphatic hydroxyl groups is 1. The molecule has 2 fully saturated rings. The third kappa shape index (κ3) is 1.57. The van der Waals surface area contributed by atoms with Crippen LogP contribution >= 0.6 is 0 Å². The molecule has 3 atom stereocenters. The van der Waals surface area contributed by atoms with Gasteiger partial charge in [0.25, 0.3) is 17.4 Å². The van der Waals surface area contributed by atoms with E-state index >= 15 is 0 Å². The molecule has 2 aliphatic rings. The lowest BCUT2D eigenvalue weighted by Gasteiger charge is -2.19. The Morgan fingerprint density at radius 1 is 1.47 bits per heavy atom. The van der Waals surface area contributed by atoms with Gasteiger partial charge in [0, 0.05) is 12.7 Å². The van der Waals surface area contributed by atoms with Crippen LogP contribution in [0.1, 0.15) is 0 Å². The Kier molecular flexibility index (Phi) is 2.58. The number of fused-ring (bicyclic) bond motifs is 1. The number of anilines is 1. The van der Waals surface area contributed by atoms with Crippen molar-refractivity contribution < 1.29 is 19.4 Å². The Morgan fingerprint density at radius 3 is 2.68 bits per heavy atom. The lowest BCUT2D eigenvalue weighted by Crippen LogP contribution is -2.46. The van der Waals surface area contributed by atoms with Gasteiger partial charge in [-0.3, -0.25) is 9.59 Å². The first-order valence-electron chi connectivity index (χ1n) is 6.04. The first-order valence-corrected chi connectivity index (χ1v) is 6.04. The first kappa shape index (κ1) is 12.1. The maximum atomic E-state index is 12.4. The molecule has 0 aromatic heterocycles. The van der Waals surface area contributed by atoms with Crippen LogP contribution in [-0.2, 0) is 14.3 Å². The summed E-state index contributed by atoms with van der Waals surface area (Å²) in [4.78, 5) is 25.7. The number of morpholine rings is 1. The molecule has 0 bridgehead atoms. The van der Waals surface area contributed by atoms with Gasteiger partial charge in [0.2, 0.25) is 0 Å². The number of hydrogen-bond acceptors (Lipinski definition) is 4. The largest absolute Gasteiger partial charge is 0.394 e. The fourth-order valence-corrected chi connectivity index (χ4v) is 2.49. The van der Waals surface area contributed by atoms with Gasteiger partial charge in [-0.25, -0.2) is 0 Å². The zero-order valence-corrected chi connectivity index (χ0v) is 10.4. The quantitative estimate of drug-likeness (QED) is 0.556. The zero-order chi connectivity index (χ0) is 13.6. The number of amides is 2. The van der Waals surface area contributed by atoms with Crippen molar-refractivity contribution >= 4 is 17.5 Å². The Hall–Kier alpha value is -1.92. The molecule has 0 saturated carbocycles. The fourth-order valence-electron chi connectivity index (χ4n) is 2.49. The van der Waals surface area contributed by atoms with Gasteiger partial charge in [-0.2, -0.15) is 0 Å². The predicted octanol–water partition coefficient (Wildman–Crippen LogP) is -0.722. The van der Waals surface area contributed by atoms with Crippen LogP contribution in [-0.4, -0.2) is 48.3 Å². The van der Waals surface area contributed by atoms with Crippen LogP contribution in [0.3, 0.4) is 0 Å². The van der Waals surface area contributed by atoms with Gasteiger partial charge >= 0.3 is 0 Å². The van der Waals surface area contributed by atoms with E-state index in [2.05, 4.69) is 5.32 Å². The second-order valence-electron chi connectivity index (χ2n) is 4.74. The highest BCUT2D eigenvalue weighted by Crippen LogP contribution is 2.45. The molecule has 6 nitrogen and oxygen atoms in total. The molecular formula is C13H14N2O4. The van der Waals surface area contributed by atoms with Crippen LogP contribution in [0.25, 0.3) is 0 Å². The summed E-state index contributed by atoms with van der Waals surface area (Å²) in [5.74, 6) is -0.874. The molecular weight excluding hydrogens is 248 g/mol. The van der Waals surface area contributed by atoms with Crippen LogP contribution < -0.4 is 10.2 Å². The van der Waals surface area contributed by atoms with E-state index < -0.39 is 29.6 Å². The van der Waals surface area contributed by atoms with E-state index in [1.807, 2.05) is 18.2 Å². The van der Waals surface area contributed by atoms with Gasteiger partial charge < -0.3 is 20.1 Å². The van der Waals surface area contributed by atoms with E-state index in [-0.39, 0.29) is 6.61 Å². The summed E-state index contributed by atoms with van der Waals surface area (Å²) in [7, 11) is 1.60. The van der Waals surface area contributed by atoms with E-state index in [1.54, 1.807) is 19.2 Å². The minimum absolute atomic E-state index is 0.236. The highest BCUT2D eigenvalue weighted by atomic mass is 16.6. The summed E-state index contributed by atoms with van der Waals surface area (Å²) >= 11 is 0. The lowest BCUT2D eigenvalue weighted by atomic mass is 10.0. The molecule has 2 heterocycles. The molecule has 2 N–H and O–H groups in total. The number of benzene rings is 1. The van der Waals surface area contributed by atoms with Crippen molar-refractivity contribution in [2.45, 2.75) is 17.7 Å². The van der Waals surface area contributed by atoms with Crippen LogP contribution in [0.2, 0.25) is 0 Å². The lowest BCUT2D eigenvalue weighted by molar-refractivity contribution is -0.135. The number of para-hydroxylation sites is 1. The molecule has 3 rings (SSSR count). The van der Waals surface area contributed by atoms with Crippen molar-refractivity contribution in [3.05, 3.63) is 30.3 Å². The number of nitrogens with zero attached hydrogens (tertiary/aromatic N) is 1. The molecule has 1 aromatic carbocycles. The third-order valence-electron chi connectivity index (χ3n) is 3.64. The van der Waals surface area contributed by atoms with E-state index in [0.717, 1.165) is 0 Å². The molecule has 100 valence electrons. The predicted molar refractivity (Wildman–Crippen MR) is 66.5 cm³/mol. The van der Waals surface area contributed by atoms with Crippen LogP contribution in [0.5, 0.6) is 0 Å². The van der Waals surface area contributed by atoms with E-state index in [0.29, 0.717) is 5.69 Å². The Bertz CT molecular complexity index is 533. The van der Waals surface area contributed by atoms with Gasteiger partial charge in [0.05, 0.1) is 12.6 Å². The number of rotatable bonds is 3. The fraction of sp³-hybridized carbons (Fsp3) is 0.385. The second-order valence-corrected chi connectivity index (χ2v) is 4.74. The maximum absolute atomic E-state index is 12.4. The van der Waals surface area contributed by atoms with Gasteiger partial charge in [0.1, 0.15) is 6.10 Å². The number of aliphatic hydroxyl groups excluding tert-OH is 1. The van der Waals surface area contributed by atoms with E-state index in [1.165, 1.54) is 4.90 Å². The van der Waals surface area contributed by atoms with Gasteiger partial charge in [0.15, 0.2) is 0 Å². The third-order valence-corrected chi connectivity index (χ3v) is 3.64. The molecule has 0 unspecified atom stereocenters. The molecule has 0 radical (unpaired) electrons. The molecule has 19 heavy (non-hydrogen) atoms. The summed E-state index contributed by atoms with van der Waals surface area (Å²) in [5, 5.41) is 11.7. The first-order chi connectivity index (χ1) is 9.11. The smallest absolute Gasteiger partial charge is 0.271 e. The summed E-state index contributed by atoms with van der Waals surface area (Å²) in [5.41, 5.74) is -0.755. The molecule has 0 spiro atoms. The van der Waals surface area contributed by atoms with Crippen molar-refractivity contribution in [3.8, 4) is 0 Å².